The number of hydrogen-bond donors (Lipinski definition) is 2. The topological polar surface area (TPSA) is 80.6 Å². The SMILES string of the molecule is COc1ccc(NC(C)=O)c(NC(=O)c2cc3cc(Cl)ccc3o2)c1. The number of hydrogen-bond acceptors (Lipinski definition) is 4. The number of amides is 2. The Kier molecular flexibility index (Phi) is 4.63. The first kappa shape index (κ1) is 16.9. The molecule has 6 nitrogen and oxygen atoms in total. The fourth-order valence-electron chi connectivity index (χ4n) is 2.36. The number of fused-ring (bicyclic) bond motifs is 1. The lowest BCUT2D eigenvalue weighted by molar-refractivity contribution is -0.114. The smallest absolute Gasteiger partial charge is 0.291 e. The molecule has 0 saturated carbocycles. The van der Waals surface area contributed by atoms with E-state index in [4.69, 9.17) is 20.8 Å². The molecule has 0 aliphatic rings. The molecule has 2 N–H and O–H groups in total. The quantitative estimate of drug-likeness (QED) is 0.728. The van der Waals surface area contributed by atoms with Crippen LogP contribution in [-0.4, -0.2) is 18.9 Å². The van der Waals surface area contributed by atoms with E-state index >= 15 is 0 Å². The normalized spacial score (nSPS) is 10.5. The van der Waals surface area contributed by atoms with Gasteiger partial charge < -0.3 is 19.8 Å². The van der Waals surface area contributed by atoms with Crippen molar-refractivity contribution in [3.05, 3.63) is 53.2 Å². The van der Waals surface area contributed by atoms with Gasteiger partial charge in [0.1, 0.15) is 11.3 Å². The number of anilines is 2. The summed E-state index contributed by atoms with van der Waals surface area (Å²) in [5.41, 5.74) is 1.42. The third-order valence-electron chi connectivity index (χ3n) is 3.49. The highest BCUT2D eigenvalue weighted by Crippen LogP contribution is 2.29. The van der Waals surface area contributed by atoms with E-state index in [1.165, 1.54) is 14.0 Å². The molecule has 0 unspecified atom stereocenters. The summed E-state index contributed by atoms with van der Waals surface area (Å²) < 4.78 is 10.7. The minimum absolute atomic E-state index is 0.133. The summed E-state index contributed by atoms with van der Waals surface area (Å²) in [6.07, 6.45) is 0. The molecule has 1 aromatic heterocycles. The first-order chi connectivity index (χ1) is 12.0. The van der Waals surface area contributed by atoms with Crippen LogP contribution < -0.4 is 15.4 Å². The third kappa shape index (κ3) is 3.75. The Bertz CT molecular complexity index is 965. The summed E-state index contributed by atoms with van der Waals surface area (Å²) in [5.74, 6) is -0.0270. The van der Waals surface area contributed by atoms with E-state index in [0.29, 0.717) is 27.7 Å². The van der Waals surface area contributed by atoms with Gasteiger partial charge in [0.25, 0.3) is 5.91 Å². The predicted molar refractivity (Wildman–Crippen MR) is 96.5 cm³/mol. The van der Waals surface area contributed by atoms with Gasteiger partial charge in [0.05, 0.1) is 18.5 Å². The highest BCUT2D eigenvalue weighted by atomic mass is 35.5. The molecule has 0 aliphatic carbocycles. The number of nitrogens with one attached hydrogen (secondary N) is 2. The summed E-state index contributed by atoms with van der Waals surface area (Å²) in [7, 11) is 1.52. The van der Waals surface area contributed by atoms with Gasteiger partial charge in [-0.1, -0.05) is 11.6 Å². The fraction of sp³-hybridized carbons (Fsp3) is 0.111. The molecule has 3 rings (SSSR count). The zero-order valence-corrected chi connectivity index (χ0v) is 14.3. The molecule has 0 bridgehead atoms. The Morgan fingerprint density at radius 2 is 1.84 bits per heavy atom. The maximum absolute atomic E-state index is 12.5. The van der Waals surface area contributed by atoms with Crippen LogP contribution in [0.4, 0.5) is 11.4 Å². The number of methoxy groups -OCH3 is 1. The molecule has 3 aromatic rings. The fourth-order valence-corrected chi connectivity index (χ4v) is 2.54. The Balaban J connectivity index is 1.91. The van der Waals surface area contributed by atoms with Crippen molar-refractivity contribution in [2.24, 2.45) is 0 Å². The van der Waals surface area contributed by atoms with Gasteiger partial charge in [0.2, 0.25) is 5.91 Å². The van der Waals surface area contributed by atoms with Crippen LogP contribution in [0.5, 0.6) is 5.75 Å². The third-order valence-corrected chi connectivity index (χ3v) is 3.72. The lowest BCUT2D eigenvalue weighted by Gasteiger charge is -2.12. The van der Waals surface area contributed by atoms with E-state index in [9.17, 15) is 9.59 Å². The second kappa shape index (κ2) is 6.86. The molecule has 0 radical (unpaired) electrons. The van der Waals surface area contributed by atoms with Crippen molar-refractivity contribution in [3.63, 3.8) is 0 Å². The van der Waals surface area contributed by atoms with Crippen LogP contribution in [0.1, 0.15) is 17.5 Å². The second-order valence-electron chi connectivity index (χ2n) is 5.34. The zero-order chi connectivity index (χ0) is 18.0. The Hall–Kier alpha value is -2.99. The van der Waals surface area contributed by atoms with E-state index in [-0.39, 0.29) is 11.7 Å². The summed E-state index contributed by atoms with van der Waals surface area (Å²) in [6, 6.07) is 11.6. The average molecular weight is 359 g/mol. The van der Waals surface area contributed by atoms with E-state index in [0.717, 1.165) is 5.39 Å². The highest BCUT2D eigenvalue weighted by molar-refractivity contribution is 6.31. The molecule has 0 aliphatic heterocycles. The number of furan rings is 1. The minimum atomic E-state index is -0.452. The number of halogens is 1. The lowest BCUT2D eigenvalue weighted by Crippen LogP contribution is -2.14. The van der Waals surface area contributed by atoms with Crippen LogP contribution in [0, 0.1) is 0 Å². The molecule has 0 spiro atoms. The van der Waals surface area contributed by atoms with Crippen LogP contribution in [0.3, 0.4) is 0 Å². The van der Waals surface area contributed by atoms with Gasteiger partial charge in [0, 0.05) is 23.4 Å². The van der Waals surface area contributed by atoms with E-state index in [2.05, 4.69) is 10.6 Å². The molecule has 25 heavy (non-hydrogen) atoms. The molecule has 2 aromatic carbocycles. The molecule has 128 valence electrons. The summed E-state index contributed by atoms with van der Waals surface area (Å²) in [6.45, 7) is 1.39. The molecular weight excluding hydrogens is 344 g/mol. The standard InChI is InChI=1S/C18H15ClN2O4/c1-10(22)20-14-5-4-13(24-2)9-15(14)21-18(23)17-8-11-7-12(19)3-6-16(11)25-17/h3-9H,1-2H3,(H,20,22)(H,21,23). The number of rotatable bonds is 4. The van der Waals surface area contributed by atoms with Crippen LogP contribution in [0.15, 0.2) is 46.9 Å². The number of carbonyl (C=O) groups is 2. The van der Waals surface area contributed by atoms with E-state index < -0.39 is 5.91 Å². The molecular formula is C18H15ClN2O4. The van der Waals surface area contributed by atoms with Crippen molar-refractivity contribution in [2.45, 2.75) is 6.92 Å². The minimum Gasteiger partial charge on any atom is -0.497 e. The Morgan fingerprint density at radius 1 is 1.04 bits per heavy atom. The van der Waals surface area contributed by atoms with Gasteiger partial charge >= 0.3 is 0 Å². The second-order valence-corrected chi connectivity index (χ2v) is 5.78. The highest BCUT2D eigenvalue weighted by Gasteiger charge is 2.15. The van der Waals surface area contributed by atoms with Crippen LogP contribution in [0.25, 0.3) is 11.0 Å². The van der Waals surface area contributed by atoms with Gasteiger partial charge in [-0.25, -0.2) is 0 Å². The van der Waals surface area contributed by atoms with Crippen molar-refractivity contribution in [3.8, 4) is 5.75 Å². The van der Waals surface area contributed by atoms with Gasteiger partial charge in [-0.05, 0) is 36.4 Å². The first-order valence-corrected chi connectivity index (χ1v) is 7.80. The van der Waals surface area contributed by atoms with Crippen molar-refractivity contribution in [1.29, 1.82) is 0 Å². The monoisotopic (exact) mass is 358 g/mol. The molecule has 2 amide bonds. The van der Waals surface area contributed by atoms with E-state index in [1.807, 2.05) is 0 Å². The maximum atomic E-state index is 12.5. The van der Waals surface area contributed by atoms with Crippen molar-refractivity contribution in [2.75, 3.05) is 17.7 Å². The Labute approximate surface area is 148 Å². The van der Waals surface area contributed by atoms with Gasteiger partial charge in [-0.3, -0.25) is 9.59 Å². The summed E-state index contributed by atoms with van der Waals surface area (Å²) in [5, 5.41) is 6.66. The van der Waals surface area contributed by atoms with Gasteiger partial charge in [-0.2, -0.15) is 0 Å². The van der Waals surface area contributed by atoms with Crippen LogP contribution >= 0.6 is 11.6 Å². The van der Waals surface area contributed by atoms with Crippen molar-refractivity contribution < 1.29 is 18.7 Å². The summed E-state index contributed by atoms with van der Waals surface area (Å²) >= 11 is 5.94. The van der Waals surface area contributed by atoms with E-state index in [1.54, 1.807) is 42.5 Å². The zero-order valence-electron chi connectivity index (χ0n) is 13.6. The predicted octanol–water partition coefficient (Wildman–Crippen LogP) is 4.31. The average Bonchev–Trinajstić information content (AvgIpc) is 2.99. The van der Waals surface area contributed by atoms with Crippen LogP contribution in [-0.2, 0) is 4.79 Å². The van der Waals surface area contributed by atoms with Crippen molar-refractivity contribution in [1.82, 2.24) is 0 Å². The van der Waals surface area contributed by atoms with Crippen molar-refractivity contribution >= 4 is 45.8 Å². The molecule has 7 heteroatoms. The first-order valence-electron chi connectivity index (χ1n) is 7.42. The number of benzene rings is 2. The number of carbonyl (C=O) groups excluding carboxylic acids is 2. The molecule has 1 heterocycles. The Morgan fingerprint density at radius 3 is 2.56 bits per heavy atom. The lowest BCUT2D eigenvalue weighted by atomic mass is 10.2. The number of ether oxygens (including phenoxy) is 1. The summed E-state index contributed by atoms with van der Waals surface area (Å²) in [4.78, 5) is 23.9. The molecule has 0 atom stereocenters. The van der Waals surface area contributed by atoms with Crippen LogP contribution in [0.2, 0.25) is 5.02 Å². The largest absolute Gasteiger partial charge is 0.497 e. The van der Waals surface area contributed by atoms with Gasteiger partial charge in [-0.15, -0.1) is 0 Å². The maximum Gasteiger partial charge on any atom is 0.291 e. The molecule has 0 fully saturated rings. The van der Waals surface area contributed by atoms with Gasteiger partial charge in [0.15, 0.2) is 5.76 Å². The molecule has 0 saturated heterocycles.